The van der Waals surface area contributed by atoms with Crippen molar-refractivity contribution in [1.29, 1.82) is 0 Å². The first-order valence-corrected chi connectivity index (χ1v) is 4.43. The van der Waals surface area contributed by atoms with Crippen molar-refractivity contribution < 1.29 is 19.7 Å². The highest BCUT2D eigenvalue weighted by Crippen LogP contribution is 2.34. The van der Waals surface area contributed by atoms with Crippen molar-refractivity contribution in [2.75, 3.05) is 25.6 Å². The first-order valence-electron chi connectivity index (χ1n) is 4.43. The maximum absolute atomic E-state index is 10.6. The van der Waals surface area contributed by atoms with E-state index in [1.54, 1.807) is 0 Å². The molecular formula is C10H13NO4. The predicted octanol–water partition coefficient (Wildman–Crippen LogP) is 0.617. The van der Waals surface area contributed by atoms with Crippen LogP contribution < -0.4 is 10.1 Å². The number of nitrogens with one attached hydrogen (secondary N) is 1. The number of ether oxygens (including phenoxy) is 1. The van der Waals surface area contributed by atoms with Crippen molar-refractivity contribution in [2.45, 2.75) is 0 Å². The molecule has 1 rings (SSSR count). The Labute approximate surface area is 87.3 Å². The lowest BCUT2D eigenvalue weighted by atomic mass is 10.2. The topological polar surface area (TPSA) is 78.8 Å². The number of phenols is 1. The van der Waals surface area contributed by atoms with Crippen molar-refractivity contribution in [3.05, 3.63) is 17.7 Å². The molecule has 82 valence electrons. The van der Waals surface area contributed by atoms with Gasteiger partial charge in [0.25, 0.3) is 0 Å². The van der Waals surface area contributed by atoms with Crippen LogP contribution in [0.5, 0.6) is 11.5 Å². The molecule has 0 saturated heterocycles. The average molecular weight is 211 g/mol. The number of aliphatic hydroxyl groups excluding tert-OH is 1. The predicted molar refractivity (Wildman–Crippen MR) is 55.6 cm³/mol. The van der Waals surface area contributed by atoms with Crippen LogP contribution in [0.25, 0.3) is 0 Å². The Morgan fingerprint density at radius 2 is 2.27 bits per heavy atom. The van der Waals surface area contributed by atoms with Crippen molar-refractivity contribution in [3.8, 4) is 11.5 Å². The molecule has 0 aromatic heterocycles. The summed E-state index contributed by atoms with van der Waals surface area (Å²) in [5.74, 6) is 0.150. The molecule has 0 spiro atoms. The van der Waals surface area contributed by atoms with Gasteiger partial charge in [0.15, 0.2) is 11.5 Å². The van der Waals surface area contributed by atoms with Crippen LogP contribution in [0.2, 0.25) is 0 Å². The van der Waals surface area contributed by atoms with Gasteiger partial charge >= 0.3 is 0 Å². The lowest BCUT2D eigenvalue weighted by molar-refractivity contribution is 0.112. The number of carbonyl (C=O) groups excluding carboxylic acids is 1. The summed E-state index contributed by atoms with van der Waals surface area (Å²) in [4.78, 5) is 10.6. The molecule has 0 saturated carbocycles. The average Bonchev–Trinajstić information content (AvgIpc) is 2.27. The number of anilines is 1. The quantitative estimate of drug-likeness (QED) is 0.491. The number of aromatic hydroxyl groups is 1. The highest BCUT2D eigenvalue weighted by Gasteiger charge is 2.09. The van der Waals surface area contributed by atoms with Gasteiger partial charge in [-0.25, -0.2) is 0 Å². The molecule has 5 heteroatoms. The summed E-state index contributed by atoms with van der Waals surface area (Å²) in [6, 6.07) is 2.92. The van der Waals surface area contributed by atoms with Gasteiger partial charge in [0.1, 0.15) is 6.29 Å². The van der Waals surface area contributed by atoms with Gasteiger partial charge in [-0.05, 0) is 12.1 Å². The van der Waals surface area contributed by atoms with E-state index in [0.717, 1.165) is 0 Å². The maximum Gasteiger partial charge on any atom is 0.181 e. The molecule has 1 aromatic carbocycles. The van der Waals surface area contributed by atoms with E-state index in [0.29, 0.717) is 24.1 Å². The molecule has 0 unspecified atom stereocenters. The summed E-state index contributed by atoms with van der Waals surface area (Å²) in [5.41, 5.74) is 0.760. The highest BCUT2D eigenvalue weighted by atomic mass is 16.5. The molecule has 0 aliphatic rings. The van der Waals surface area contributed by atoms with Crippen LogP contribution in [0.3, 0.4) is 0 Å². The zero-order valence-electron chi connectivity index (χ0n) is 8.36. The number of phenolic OH excluding ortho intramolecular Hbond substituents is 1. The third-order valence-electron chi connectivity index (χ3n) is 1.88. The Kier molecular flexibility index (Phi) is 3.93. The summed E-state index contributed by atoms with van der Waals surface area (Å²) in [6.45, 7) is 0.228. The molecule has 0 aliphatic heterocycles. The fraction of sp³-hybridized carbons (Fsp3) is 0.300. The largest absolute Gasteiger partial charge is 0.503 e. The first-order chi connectivity index (χ1) is 7.22. The fourth-order valence-corrected chi connectivity index (χ4v) is 1.18. The lowest BCUT2D eigenvalue weighted by Crippen LogP contribution is -2.06. The molecule has 0 bridgehead atoms. The number of aldehydes is 1. The van der Waals surface area contributed by atoms with Crippen molar-refractivity contribution >= 4 is 12.0 Å². The second-order valence-electron chi connectivity index (χ2n) is 2.89. The number of aliphatic hydroxyl groups is 1. The SMILES string of the molecule is COc1cc(C=O)cc(NCCO)c1O. The van der Waals surface area contributed by atoms with Crippen molar-refractivity contribution in [3.63, 3.8) is 0 Å². The summed E-state index contributed by atoms with van der Waals surface area (Å²) < 4.78 is 4.90. The van der Waals surface area contributed by atoms with Gasteiger partial charge in [-0.3, -0.25) is 4.79 Å². The van der Waals surface area contributed by atoms with Crippen molar-refractivity contribution in [2.24, 2.45) is 0 Å². The van der Waals surface area contributed by atoms with E-state index < -0.39 is 0 Å². The fourth-order valence-electron chi connectivity index (χ4n) is 1.18. The number of rotatable bonds is 5. The summed E-state index contributed by atoms with van der Waals surface area (Å²) in [7, 11) is 1.40. The molecule has 1 aromatic rings. The summed E-state index contributed by atoms with van der Waals surface area (Å²) >= 11 is 0. The molecule has 15 heavy (non-hydrogen) atoms. The minimum atomic E-state index is -0.0726. The van der Waals surface area contributed by atoms with Crippen LogP contribution in [0, 0.1) is 0 Å². The van der Waals surface area contributed by atoms with E-state index >= 15 is 0 Å². The van der Waals surface area contributed by atoms with Gasteiger partial charge in [0.2, 0.25) is 0 Å². The second kappa shape index (κ2) is 5.21. The van der Waals surface area contributed by atoms with Crippen molar-refractivity contribution in [1.82, 2.24) is 0 Å². The van der Waals surface area contributed by atoms with Gasteiger partial charge in [0.05, 0.1) is 19.4 Å². The van der Waals surface area contributed by atoms with Crippen LogP contribution in [0.15, 0.2) is 12.1 Å². The van der Waals surface area contributed by atoms with Gasteiger partial charge < -0.3 is 20.3 Å². The van der Waals surface area contributed by atoms with E-state index in [1.165, 1.54) is 19.2 Å². The van der Waals surface area contributed by atoms with E-state index in [4.69, 9.17) is 9.84 Å². The molecule has 0 atom stereocenters. The molecule has 5 nitrogen and oxygen atoms in total. The minimum Gasteiger partial charge on any atom is -0.503 e. The first kappa shape index (κ1) is 11.3. The second-order valence-corrected chi connectivity index (χ2v) is 2.89. The molecule has 0 heterocycles. The standard InChI is InChI=1S/C10H13NO4/c1-15-9-5-7(6-13)4-8(10(9)14)11-2-3-12/h4-6,11-12,14H,2-3H2,1H3. The number of carbonyl (C=O) groups is 1. The molecule has 0 aliphatic carbocycles. The Morgan fingerprint density at radius 3 is 2.80 bits per heavy atom. The Balaban J connectivity index is 3.06. The Bertz CT molecular complexity index is 352. The third-order valence-corrected chi connectivity index (χ3v) is 1.88. The Hall–Kier alpha value is -1.75. The molecule has 0 amide bonds. The smallest absolute Gasteiger partial charge is 0.181 e. The zero-order valence-corrected chi connectivity index (χ0v) is 8.36. The van der Waals surface area contributed by atoms with Crippen LogP contribution in [-0.4, -0.2) is 36.8 Å². The molecular weight excluding hydrogens is 198 g/mol. The normalized spacial score (nSPS) is 9.73. The summed E-state index contributed by atoms with van der Waals surface area (Å²) in [5, 5.41) is 21.1. The van der Waals surface area contributed by atoms with Gasteiger partial charge in [-0.1, -0.05) is 0 Å². The minimum absolute atomic E-state index is 0.0624. The van der Waals surface area contributed by atoms with Gasteiger partial charge in [-0.15, -0.1) is 0 Å². The maximum atomic E-state index is 10.6. The van der Waals surface area contributed by atoms with E-state index in [2.05, 4.69) is 5.32 Å². The summed E-state index contributed by atoms with van der Waals surface area (Å²) in [6.07, 6.45) is 0.659. The third kappa shape index (κ3) is 2.60. The van der Waals surface area contributed by atoms with Crippen LogP contribution >= 0.6 is 0 Å². The monoisotopic (exact) mass is 211 g/mol. The molecule has 0 radical (unpaired) electrons. The molecule has 0 fully saturated rings. The zero-order chi connectivity index (χ0) is 11.3. The molecule has 3 N–H and O–H groups in total. The number of hydrogen-bond donors (Lipinski definition) is 3. The number of benzene rings is 1. The van der Waals surface area contributed by atoms with Crippen LogP contribution in [0.4, 0.5) is 5.69 Å². The van der Waals surface area contributed by atoms with Crippen LogP contribution in [-0.2, 0) is 0 Å². The number of methoxy groups -OCH3 is 1. The van der Waals surface area contributed by atoms with E-state index in [1.807, 2.05) is 0 Å². The number of hydrogen-bond acceptors (Lipinski definition) is 5. The van der Waals surface area contributed by atoms with Crippen LogP contribution in [0.1, 0.15) is 10.4 Å². The van der Waals surface area contributed by atoms with Gasteiger partial charge in [-0.2, -0.15) is 0 Å². The van der Waals surface area contributed by atoms with Gasteiger partial charge in [0, 0.05) is 12.1 Å². The van der Waals surface area contributed by atoms with E-state index in [-0.39, 0.29) is 18.1 Å². The lowest BCUT2D eigenvalue weighted by Gasteiger charge is -2.11. The highest BCUT2D eigenvalue weighted by molar-refractivity contribution is 5.81. The Morgan fingerprint density at radius 1 is 1.53 bits per heavy atom. The van der Waals surface area contributed by atoms with E-state index in [9.17, 15) is 9.90 Å².